The molecule has 2 bridgehead atoms. The highest BCUT2D eigenvalue weighted by Gasteiger charge is 2.57. The van der Waals surface area contributed by atoms with Crippen molar-refractivity contribution in [3.8, 4) is 11.5 Å². The third-order valence-electron chi connectivity index (χ3n) is 10.3. The molecule has 7 atom stereocenters. The fourth-order valence-corrected chi connectivity index (χ4v) is 7.65. The summed E-state index contributed by atoms with van der Waals surface area (Å²) in [4.78, 5) is 50.5. The number of fused-ring (bicyclic) bond motifs is 6. The van der Waals surface area contributed by atoms with Crippen LogP contribution in [0.1, 0.15) is 55.3 Å². The molecule has 1 aliphatic carbocycles. The molecule has 0 aromatic heterocycles. The van der Waals surface area contributed by atoms with E-state index >= 15 is 0 Å². The molecule has 7 unspecified atom stereocenters. The topological polar surface area (TPSA) is 254 Å². The number of amides is 1. The van der Waals surface area contributed by atoms with Crippen LogP contribution in [0.3, 0.4) is 0 Å². The second-order valence-corrected chi connectivity index (χ2v) is 13.5. The number of hydrogen-bond acceptors (Lipinski definition) is 14. The lowest BCUT2D eigenvalue weighted by atomic mass is 9.79. The molecular weight excluding hydrogens is 718 g/mol. The van der Waals surface area contributed by atoms with E-state index in [0.717, 1.165) is 0 Å². The smallest absolute Gasteiger partial charge is 0.284 e. The monoisotopic (exact) mass is 754 g/mol. The summed E-state index contributed by atoms with van der Waals surface area (Å²) >= 11 is 0. The summed E-state index contributed by atoms with van der Waals surface area (Å²) in [7, 11) is 0. The number of carbonyl (C=O) groups is 3. The number of nitrogens with zero attached hydrogens (tertiary/aromatic N) is 2. The highest BCUT2D eigenvalue weighted by atomic mass is 16.7. The number of guanidine groups is 1. The van der Waals surface area contributed by atoms with Crippen LogP contribution in [-0.2, 0) is 14.3 Å². The number of aliphatic hydroxyl groups is 5. The van der Waals surface area contributed by atoms with Crippen molar-refractivity contribution in [3.05, 3.63) is 100 Å². The molecule has 0 spiro atoms. The van der Waals surface area contributed by atoms with Gasteiger partial charge in [-0.15, -0.1) is 0 Å². The maximum Gasteiger partial charge on any atom is 0.284 e. The van der Waals surface area contributed by atoms with Crippen LogP contribution >= 0.6 is 0 Å². The van der Waals surface area contributed by atoms with Crippen LogP contribution in [0.2, 0.25) is 0 Å². The maximum atomic E-state index is 14.3. The standard InChI is InChI=1S/C38H35N5O12/c39-37-41-34-27(35(50)42-37)40-17-43(34)24-8-4-3-5-19(24)18-9-13-52-16-25-30(48)33(49)38(51,10-11-44)36(54-25)55-31-22(18)15-23-26(32(31)53-14-12-45)29(47)21-7-2-1-6-20(21)28(23)46/h1-9,13,15,18,25,30,33,36,44-45,48-49,51H,10-12,14,16-17H2,(H2,39,42,50)/p+1. The number of amidine groups is 1. The fourth-order valence-electron chi connectivity index (χ4n) is 7.65. The van der Waals surface area contributed by atoms with Crippen molar-refractivity contribution in [3.63, 3.8) is 0 Å². The molecule has 4 aliphatic heterocycles. The molecular formula is C38H36N5O12+. The summed E-state index contributed by atoms with van der Waals surface area (Å²) in [5.41, 5.74) is -1.06. The quantitative estimate of drug-likeness (QED) is 0.111. The number of aliphatic hydroxyl groups excluding tert-OH is 4. The van der Waals surface area contributed by atoms with Crippen LogP contribution in [-0.4, -0.2) is 124 Å². The molecule has 284 valence electrons. The molecule has 17 heteroatoms. The molecule has 4 heterocycles. The number of nitrogens with one attached hydrogen (secondary N) is 3. The van der Waals surface area contributed by atoms with Gasteiger partial charge >= 0.3 is 0 Å². The number of ketones is 2. The van der Waals surface area contributed by atoms with E-state index in [2.05, 4.69) is 15.3 Å². The van der Waals surface area contributed by atoms with Crippen LogP contribution in [0.5, 0.6) is 11.5 Å². The molecule has 5 aliphatic rings. The highest BCUT2D eigenvalue weighted by Crippen LogP contribution is 2.49. The zero-order valence-electron chi connectivity index (χ0n) is 29.0. The number of benzene rings is 3. The number of aliphatic imine (C=N–C) groups is 2. The zero-order chi connectivity index (χ0) is 38.6. The normalized spacial score (nSPS) is 28.2. The predicted molar refractivity (Wildman–Crippen MR) is 190 cm³/mol. The van der Waals surface area contributed by atoms with Gasteiger partial charge < -0.3 is 44.5 Å². The van der Waals surface area contributed by atoms with Gasteiger partial charge in [0.05, 0.1) is 18.4 Å². The Bertz CT molecular complexity index is 2220. The Morgan fingerprint density at radius 3 is 2.49 bits per heavy atom. The fraction of sp³-hybridized carbons (Fsp3) is 0.316. The van der Waals surface area contributed by atoms with Crippen molar-refractivity contribution >= 4 is 40.7 Å². The first-order chi connectivity index (χ1) is 26.6. The van der Waals surface area contributed by atoms with E-state index in [-0.39, 0.29) is 76.7 Å². The van der Waals surface area contributed by atoms with Gasteiger partial charge in [0.1, 0.15) is 37.2 Å². The molecule has 8 N–H and O–H groups in total. The minimum Gasteiger partial charge on any atom is -0.499 e. The first-order valence-corrected chi connectivity index (χ1v) is 17.5. The van der Waals surface area contributed by atoms with Gasteiger partial charge in [-0.1, -0.05) is 42.5 Å². The zero-order valence-corrected chi connectivity index (χ0v) is 29.0. The second kappa shape index (κ2) is 14.2. The summed E-state index contributed by atoms with van der Waals surface area (Å²) in [6.07, 6.45) is -4.24. The molecule has 3 aromatic carbocycles. The lowest BCUT2D eigenvalue weighted by molar-refractivity contribution is -0.723. The van der Waals surface area contributed by atoms with Crippen molar-refractivity contribution in [2.45, 2.75) is 42.5 Å². The number of hydrogen-bond donors (Lipinski definition) is 8. The van der Waals surface area contributed by atoms with Gasteiger partial charge in [-0.05, 0) is 18.2 Å². The van der Waals surface area contributed by atoms with Gasteiger partial charge in [0.15, 0.2) is 35.3 Å². The molecule has 1 amide bonds. The van der Waals surface area contributed by atoms with Crippen molar-refractivity contribution < 1.29 is 63.8 Å². The number of ether oxygens (including phenoxy) is 4. The van der Waals surface area contributed by atoms with Gasteiger partial charge in [0.25, 0.3) is 11.7 Å². The Balaban J connectivity index is 1.39. The van der Waals surface area contributed by atoms with Crippen LogP contribution in [0.4, 0.5) is 5.69 Å². The number of quaternary nitrogens is 1. The minimum atomic E-state index is -2.43. The molecule has 1 fully saturated rings. The van der Waals surface area contributed by atoms with Crippen LogP contribution in [0.25, 0.3) is 0 Å². The molecule has 0 radical (unpaired) electrons. The number of rotatable bonds is 7. The summed E-state index contributed by atoms with van der Waals surface area (Å²) in [5.74, 6) is -3.23. The van der Waals surface area contributed by atoms with E-state index in [9.17, 15) is 39.9 Å². The molecule has 3 aromatic rings. The summed E-state index contributed by atoms with van der Waals surface area (Å²) in [6.45, 7) is -1.81. The van der Waals surface area contributed by atoms with Crippen molar-refractivity contribution in [1.29, 1.82) is 5.41 Å². The Hall–Kier alpha value is -5.66. The number of carbonyl (C=O) groups excluding carboxylic acids is 3. The first kappa shape index (κ1) is 36.3. The average molecular weight is 755 g/mol. The van der Waals surface area contributed by atoms with Crippen LogP contribution in [0.15, 0.2) is 76.9 Å². The Kier molecular flexibility index (Phi) is 9.38. The van der Waals surface area contributed by atoms with E-state index in [1.165, 1.54) is 24.5 Å². The lowest BCUT2D eigenvalue weighted by Crippen LogP contribution is -3.09. The second-order valence-electron chi connectivity index (χ2n) is 13.5. The summed E-state index contributed by atoms with van der Waals surface area (Å²) in [6, 6.07) is 14.8. The molecule has 55 heavy (non-hydrogen) atoms. The average Bonchev–Trinajstić information content (AvgIpc) is 3.60. The van der Waals surface area contributed by atoms with Gasteiger partial charge in [-0.25, -0.2) is 9.89 Å². The van der Waals surface area contributed by atoms with Gasteiger partial charge in [-0.3, -0.25) is 25.1 Å². The molecule has 8 rings (SSSR count). The third kappa shape index (κ3) is 5.93. The Morgan fingerprint density at radius 2 is 1.73 bits per heavy atom. The van der Waals surface area contributed by atoms with Crippen molar-refractivity contribution in [1.82, 2.24) is 5.32 Å². The van der Waals surface area contributed by atoms with Crippen molar-refractivity contribution in [2.75, 3.05) is 33.1 Å². The maximum absolute atomic E-state index is 14.3. The van der Waals surface area contributed by atoms with Crippen molar-refractivity contribution in [2.24, 2.45) is 9.98 Å². The van der Waals surface area contributed by atoms with Gasteiger partial charge in [0, 0.05) is 46.8 Å². The lowest BCUT2D eigenvalue weighted by Gasteiger charge is -2.47. The largest absolute Gasteiger partial charge is 0.499 e. The number of para-hydroxylation sites is 1. The molecule has 17 nitrogen and oxygen atoms in total. The van der Waals surface area contributed by atoms with E-state index in [1.807, 2.05) is 0 Å². The molecule has 1 saturated heterocycles. The van der Waals surface area contributed by atoms with Gasteiger partial charge in [-0.2, -0.15) is 4.99 Å². The predicted octanol–water partition coefficient (Wildman–Crippen LogP) is -1.16. The summed E-state index contributed by atoms with van der Waals surface area (Å²) < 4.78 is 24.5. The van der Waals surface area contributed by atoms with E-state index in [1.54, 1.807) is 42.5 Å². The third-order valence-corrected chi connectivity index (χ3v) is 10.3. The van der Waals surface area contributed by atoms with Crippen LogP contribution < -0.4 is 19.7 Å². The Morgan fingerprint density at radius 1 is 0.982 bits per heavy atom. The number of allylic oxidation sites excluding steroid dienone is 1. The Labute approximate surface area is 312 Å². The van der Waals surface area contributed by atoms with Gasteiger partial charge in [0.2, 0.25) is 18.0 Å². The highest BCUT2D eigenvalue weighted by molar-refractivity contribution is 6.68. The first-order valence-electron chi connectivity index (χ1n) is 17.5. The van der Waals surface area contributed by atoms with Crippen LogP contribution in [0, 0.1) is 5.41 Å². The van der Waals surface area contributed by atoms with E-state index in [4.69, 9.17) is 24.4 Å². The minimum absolute atomic E-state index is 0.0442. The summed E-state index contributed by atoms with van der Waals surface area (Å²) in [5, 5.41) is 64.5. The van der Waals surface area contributed by atoms with E-state index < -0.39 is 73.2 Å². The molecule has 0 saturated carbocycles. The van der Waals surface area contributed by atoms with E-state index in [0.29, 0.717) is 16.2 Å². The SMILES string of the molecule is N=C1N=C2C(=NC[NH+]2c2ccccc2C2C=COCC3OC(Oc4c2cc2c(c4OCCO)C(=O)c4ccccc4C2=O)C(O)(CCO)C(O)C3O)C(=O)N1.